The average Bonchev–Trinajstić information content (AvgIpc) is 3.73. The van der Waals surface area contributed by atoms with Gasteiger partial charge in [-0.25, -0.2) is 18.7 Å². The van der Waals surface area contributed by atoms with Crippen LogP contribution in [0.15, 0.2) is 47.7 Å². The Balaban J connectivity index is 1.48. The summed E-state index contributed by atoms with van der Waals surface area (Å²) < 4.78 is 34.0. The molecule has 8 nitrogen and oxygen atoms in total. The highest BCUT2D eigenvalue weighted by Crippen LogP contribution is 2.40. The first kappa shape index (κ1) is 24.9. The molecule has 0 spiro atoms. The van der Waals surface area contributed by atoms with Crippen LogP contribution in [0, 0.1) is 31.4 Å². The fourth-order valence-corrected chi connectivity index (χ4v) is 4.15. The number of aliphatic hydroxyl groups is 1. The fraction of sp³-hybridized carbons (Fsp3) is 0.269. The molecule has 0 amide bonds. The summed E-state index contributed by atoms with van der Waals surface area (Å²) in [7, 11) is 0. The Kier molecular flexibility index (Phi) is 6.70. The lowest BCUT2D eigenvalue weighted by Crippen LogP contribution is -2.23. The molecule has 1 saturated carbocycles. The Bertz CT molecular complexity index is 1560. The van der Waals surface area contributed by atoms with Crippen LogP contribution in [0.3, 0.4) is 0 Å². The van der Waals surface area contributed by atoms with Crippen molar-refractivity contribution < 1.29 is 18.6 Å². The van der Waals surface area contributed by atoms with E-state index < -0.39 is 23.3 Å². The summed E-state index contributed by atoms with van der Waals surface area (Å²) in [4.78, 5) is 30.1. The second kappa shape index (κ2) is 9.95. The van der Waals surface area contributed by atoms with Crippen molar-refractivity contribution in [2.45, 2.75) is 39.4 Å². The van der Waals surface area contributed by atoms with Crippen LogP contribution in [-0.4, -0.2) is 29.6 Å². The molecule has 1 aliphatic carbocycles. The van der Waals surface area contributed by atoms with Gasteiger partial charge in [0.2, 0.25) is 0 Å². The highest BCUT2D eigenvalue weighted by atomic mass is 35.5. The van der Waals surface area contributed by atoms with Crippen molar-refractivity contribution in [3.63, 3.8) is 0 Å². The molecule has 0 aliphatic heterocycles. The Hall–Kier alpha value is -3.76. The maximum atomic E-state index is 13.9. The van der Waals surface area contributed by atoms with Crippen LogP contribution in [0.2, 0.25) is 5.02 Å². The van der Waals surface area contributed by atoms with Gasteiger partial charge in [-0.2, -0.15) is 0 Å². The Morgan fingerprint density at radius 2 is 1.92 bits per heavy atom. The van der Waals surface area contributed by atoms with Crippen molar-refractivity contribution in [1.29, 1.82) is 0 Å². The largest absolute Gasteiger partial charge is 0.485 e. The number of hydrogen-bond donors (Lipinski definition) is 1. The van der Waals surface area contributed by atoms with Crippen molar-refractivity contribution in [1.82, 2.24) is 24.5 Å². The monoisotopic (exact) mass is 525 g/mol. The molecule has 1 atom stereocenters. The van der Waals surface area contributed by atoms with Crippen molar-refractivity contribution in [2.24, 2.45) is 5.92 Å². The molecule has 4 heterocycles. The van der Waals surface area contributed by atoms with Gasteiger partial charge in [0, 0.05) is 30.2 Å². The van der Waals surface area contributed by atoms with E-state index in [1.165, 1.54) is 4.57 Å². The summed E-state index contributed by atoms with van der Waals surface area (Å²) in [5, 5.41) is 10.2. The highest BCUT2D eigenvalue weighted by molar-refractivity contribution is 6.31. The maximum Gasteiger partial charge on any atom is 0.277 e. The Morgan fingerprint density at radius 1 is 1.14 bits per heavy atom. The zero-order valence-corrected chi connectivity index (χ0v) is 20.7. The van der Waals surface area contributed by atoms with Crippen LogP contribution < -0.4 is 10.3 Å². The van der Waals surface area contributed by atoms with Crippen LogP contribution in [0.4, 0.5) is 8.78 Å². The van der Waals surface area contributed by atoms with E-state index >= 15 is 0 Å². The number of ether oxygens (including phenoxy) is 1. The lowest BCUT2D eigenvalue weighted by atomic mass is 10.1. The number of aryl methyl sites for hydroxylation is 2. The van der Waals surface area contributed by atoms with Gasteiger partial charge in [0.25, 0.3) is 5.56 Å². The molecule has 4 aromatic heterocycles. The van der Waals surface area contributed by atoms with E-state index in [-0.39, 0.29) is 29.0 Å². The number of aromatic nitrogens is 5. The molecule has 1 fully saturated rings. The second-order valence-electron chi connectivity index (χ2n) is 8.91. The second-order valence-corrected chi connectivity index (χ2v) is 9.29. The molecule has 0 radical (unpaired) electrons. The minimum Gasteiger partial charge on any atom is -0.485 e. The maximum absolute atomic E-state index is 13.9. The van der Waals surface area contributed by atoms with E-state index in [4.69, 9.17) is 16.3 Å². The van der Waals surface area contributed by atoms with Crippen LogP contribution in [0.25, 0.3) is 17.1 Å². The molecule has 0 bridgehead atoms. The third-order valence-corrected chi connectivity index (χ3v) is 6.48. The van der Waals surface area contributed by atoms with Crippen LogP contribution in [0.5, 0.6) is 5.75 Å². The summed E-state index contributed by atoms with van der Waals surface area (Å²) in [6, 6.07) is 5.66. The van der Waals surface area contributed by atoms with Gasteiger partial charge in [0.1, 0.15) is 35.0 Å². The molecule has 5 rings (SSSR count). The molecule has 190 valence electrons. The van der Waals surface area contributed by atoms with Crippen molar-refractivity contribution in [3.05, 3.63) is 92.6 Å². The van der Waals surface area contributed by atoms with E-state index in [2.05, 4.69) is 19.9 Å². The SMILES string of the molecule is Cc1cnc(-c2ccnc(C(O)C3CC3)n2)cc1-n1c(C)cc(OCc2ncc(F)cc2F)c(Cl)c1=O. The Morgan fingerprint density at radius 3 is 2.65 bits per heavy atom. The van der Waals surface area contributed by atoms with E-state index in [1.807, 2.05) is 6.92 Å². The molecule has 4 aromatic rings. The smallest absolute Gasteiger partial charge is 0.277 e. The third kappa shape index (κ3) is 5.07. The molecule has 0 aromatic carbocycles. The van der Waals surface area contributed by atoms with E-state index in [9.17, 15) is 18.7 Å². The molecule has 1 N–H and O–H groups in total. The van der Waals surface area contributed by atoms with Gasteiger partial charge in [-0.15, -0.1) is 0 Å². The van der Waals surface area contributed by atoms with Crippen molar-refractivity contribution in [3.8, 4) is 22.8 Å². The summed E-state index contributed by atoms with van der Waals surface area (Å²) in [5.41, 5.74) is 2.09. The van der Waals surface area contributed by atoms with Gasteiger partial charge in [-0.3, -0.25) is 19.3 Å². The summed E-state index contributed by atoms with van der Waals surface area (Å²) >= 11 is 6.36. The average molecular weight is 526 g/mol. The van der Waals surface area contributed by atoms with E-state index in [1.54, 1.807) is 37.5 Å². The third-order valence-electron chi connectivity index (χ3n) is 6.13. The Labute approximate surface area is 215 Å². The highest BCUT2D eigenvalue weighted by Gasteiger charge is 2.32. The minimum atomic E-state index is -0.862. The molecule has 11 heteroatoms. The first-order valence-corrected chi connectivity index (χ1v) is 11.9. The topological polar surface area (TPSA) is 103 Å². The molecule has 0 saturated heterocycles. The zero-order valence-electron chi connectivity index (χ0n) is 20.0. The van der Waals surface area contributed by atoms with Crippen LogP contribution >= 0.6 is 11.6 Å². The number of halogens is 3. The standard InChI is InChI=1S/C26H22ClF2N5O3/c1-13-10-31-19(18-5-6-30-25(33-18)24(35)15-3-4-15)9-21(13)34-14(2)7-22(23(27)26(34)36)37-12-20-17(29)8-16(28)11-32-20/h5-11,15,24,35H,3-4,12H2,1-2H3. The lowest BCUT2D eigenvalue weighted by molar-refractivity contribution is 0.144. The quantitative estimate of drug-likeness (QED) is 0.374. The van der Waals surface area contributed by atoms with Crippen molar-refractivity contribution >= 4 is 11.6 Å². The summed E-state index contributed by atoms with van der Waals surface area (Å²) in [5.74, 6) is -1.10. The van der Waals surface area contributed by atoms with Gasteiger partial charge < -0.3 is 9.84 Å². The first-order valence-electron chi connectivity index (χ1n) is 11.6. The number of nitrogens with zero attached hydrogens (tertiary/aromatic N) is 5. The molecule has 1 aliphatic rings. The zero-order chi connectivity index (χ0) is 26.3. The normalized spacial score (nSPS) is 14.0. The number of rotatable bonds is 7. The van der Waals surface area contributed by atoms with Gasteiger partial charge in [0.05, 0.1) is 23.3 Å². The number of aliphatic hydroxyl groups excluding tert-OH is 1. The van der Waals surface area contributed by atoms with E-state index in [0.29, 0.717) is 40.2 Å². The lowest BCUT2D eigenvalue weighted by Gasteiger charge is -2.17. The molecular formula is C26H22ClF2N5O3. The van der Waals surface area contributed by atoms with Crippen LogP contribution in [-0.2, 0) is 6.61 Å². The van der Waals surface area contributed by atoms with Crippen LogP contribution in [0.1, 0.15) is 41.7 Å². The molecular weight excluding hydrogens is 504 g/mol. The number of pyridine rings is 3. The van der Waals surface area contributed by atoms with Crippen molar-refractivity contribution in [2.75, 3.05) is 0 Å². The van der Waals surface area contributed by atoms with Gasteiger partial charge in [-0.05, 0) is 50.3 Å². The predicted octanol–water partition coefficient (Wildman–Crippen LogP) is 4.66. The van der Waals surface area contributed by atoms with Gasteiger partial charge >= 0.3 is 0 Å². The molecule has 37 heavy (non-hydrogen) atoms. The van der Waals surface area contributed by atoms with Gasteiger partial charge in [0.15, 0.2) is 11.6 Å². The fourth-order valence-electron chi connectivity index (χ4n) is 3.96. The van der Waals surface area contributed by atoms with Gasteiger partial charge in [-0.1, -0.05) is 11.6 Å². The first-order chi connectivity index (χ1) is 17.7. The summed E-state index contributed by atoms with van der Waals surface area (Å²) in [6.07, 6.45) is 5.24. The predicted molar refractivity (Wildman–Crippen MR) is 132 cm³/mol. The summed E-state index contributed by atoms with van der Waals surface area (Å²) in [6.45, 7) is 3.17. The molecule has 1 unspecified atom stereocenters. The minimum absolute atomic E-state index is 0.0485. The van der Waals surface area contributed by atoms with E-state index in [0.717, 1.165) is 19.0 Å². The number of hydrogen-bond acceptors (Lipinski definition) is 7.